The summed E-state index contributed by atoms with van der Waals surface area (Å²) in [4.78, 5) is 0. The summed E-state index contributed by atoms with van der Waals surface area (Å²) in [6.07, 6.45) is 1.55. The zero-order chi connectivity index (χ0) is 13.4. The highest BCUT2D eigenvalue weighted by molar-refractivity contribution is 5.81. The molecule has 0 fully saturated rings. The molecule has 0 atom stereocenters. The number of rotatable bonds is 7. The fourth-order valence-electron chi connectivity index (χ4n) is 1.63. The van der Waals surface area contributed by atoms with Gasteiger partial charge in [0.05, 0.1) is 18.9 Å². The molecule has 0 aromatic heterocycles. The molecule has 1 rings (SSSR count). The molecule has 4 nitrogen and oxygen atoms in total. The topological polar surface area (TPSA) is 51.0 Å². The lowest BCUT2D eigenvalue weighted by molar-refractivity contribution is 0.287. The van der Waals surface area contributed by atoms with Crippen molar-refractivity contribution in [3.8, 4) is 11.5 Å². The van der Waals surface area contributed by atoms with E-state index < -0.39 is 0 Å². The van der Waals surface area contributed by atoms with Gasteiger partial charge in [0.25, 0.3) is 0 Å². The molecule has 18 heavy (non-hydrogen) atoms. The number of aryl methyl sites for hydroxylation is 1. The van der Waals surface area contributed by atoms with Gasteiger partial charge in [0.1, 0.15) is 0 Å². The molecule has 0 radical (unpaired) electrons. The SMILES string of the molecule is CCOc1ccc(CC/C(C)=N/O)cc1OCC. The lowest BCUT2D eigenvalue weighted by Crippen LogP contribution is -2.00. The van der Waals surface area contributed by atoms with E-state index in [0.717, 1.165) is 35.6 Å². The number of benzene rings is 1. The van der Waals surface area contributed by atoms with Crippen LogP contribution in [0.5, 0.6) is 11.5 Å². The van der Waals surface area contributed by atoms with Crippen LogP contribution in [0.4, 0.5) is 0 Å². The second kappa shape index (κ2) is 7.58. The number of oxime groups is 1. The molecule has 1 aromatic carbocycles. The van der Waals surface area contributed by atoms with Crippen molar-refractivity contribution in [3.05, 3.63) is 23.8 Å². The van der Waals surface area contributed by atoms with Crippen molar-refractivity contribution >= 4 is 5.71 Å². The minimum absolute atomic E-state index is 0.612. The van der Waals surface area contributed by atoms with Gasteiger partial charge in [-0.05, 0) is 51.3 Å². The predicted octanol–water partition coefficient (Wildman–Crippen LogP) is 3.27. The summed E-state index contributed by atoms with van der Waals surface area (Å²) >= 11 is 0. The summed E-state index contributed by atoms with van der Waals surface area (Å²) in [6.45, 7) is 6.93. The van der Waals surface area contributed by atoms with Gasteiger partial charge in [-0.2, -0.15) is 0 Å². The normalized spacial score (nSPS) is 11.4. The van der Waals surface area contributed by atoms with Crippen molar-refractivity contribution in [3.63, 3.8) is 0 Å². The first-order chi connectivity index (χ1) is 8.71. The summed E-state index contributed by atoms with van der Waals surface area (Å²) in [5, 5.41) is 11.8. The van der Waals surface area contributed by atoms with E-state index in [4.69, 9.17) is 14.7 Å². The van der Waals surface area contributed by atoms with Crippen molar-refractivity contribution in [1.29, 1.82) is 0 Å². The monoisotopic (exact) mass is 251 g/mol. The van der Waals surface area contributed by atoms with E-state index in [-0.39, 0.29) is 0 Å². The maximum Gasteiger partial charge on any atom is 0.161 e. The van der Waals surface area contributed by atoms with Crippen molar-refractivity contribution < 1.29 is 14.7 Å². The smallest absolute Gasteiger partial charge is 0.161 e. The number of nitrogens with zero attached hydrogens (tertiary/aromatic N) is 1. The number of hydrogen-bond donors (Lipinski definition) is 1. The van der Waals surface area contributed by atoms with E-state index in [2.05, 4.69) is 5.16 Å². The molecule has 1 aromatic rings. The first-order valence-corrected chi connectivity index (χ1v) is 6.27. The van der Waals surface area contributed by atoms with E-state index in [9.17, 15) is 0 Å². The van der Waals surface area contributed by atoms with Crippen LogP contribution in [0.15, 0.2) is 23.4 Å². The van der Waals surface area contributed by atoms with Gasteiger partial charge in [-0.15, -0.1) is 0 Å². The van der Waals surface area contributed by atoms with Gasteiger partial charge < -0.3 is 14.7 Å². The standard InChI is InChI=1S/C14H21NO3/c1-4-17-13-9-8-12(7-6-11(3)15-16)10-14(13)18-5-2/h8-10,16H,4-7H2,1-3H3/b15-11+. The third-order valence-electron chi connectivity index (χ3n) is 2.55. The molecule has 100 valence electrons. The first-order valence-electron chi connectivity index (χ1n) is 6.27. The van der Waals surface area contributed by atoms with Gasteiger partial charge in [-0.3, -0.25) is 0 Å². The Balaban J connectivity index is 2.78. The van der Waals surface area contributed by atoms with Crippen LogP contribution in [0.2, 0.25) is 0 Å². The van der Waals surface area contributed by atoms with Crippen molar-refractivity contribution in [1.82, 2.24) is 0 Å². The van der Waals surface area contributed by atoms with E-state index in [0.29, 0.717) is 13.2 Å². The van der Waals surface area contributed by atoms with E-state index in [1.165, 1.54) is 0 Å². The second-order valence-corrected chi connectivity index (χ2v) is 3.98. The molecule has 0 aliphatic heterocycles. The van der Waals surface area contributed by atoms with Crippen LogP contribution in [0, 0.1) is 0 Å². The van der Waals surface area contributed by atoms with Crippen molar-refractivity contribution in [2.75, 3.05) is 13.2 Å². The minimum Gasteiger partial charge on any atom is -0.490 e. The fraction of sp³-hybridized carbons (Fsp3) is 0.500. The molecular weight excluding hydrogens is 230 g/mol. The Labute approximate surface area is 108 Å². The largest absolute Gasteiger partial charge is 0.490 e. The number of ether oxygens (including phenoxy) is 2. The average Bonchev–Trinajstić information content (AvgIpc) is 2.39. The third-order valence-corrected chi connectivity index (χ3v) is 2.55. The Morgan fingerprint density at radius 2 is 1.83 bits per heavy atom. The molecule has 0 amide bonds. The zero-order valence-corrected chi connectivity index (χ0v) is 11.3. The summed E-state index contributed by atoms with van der Waals surface area (Å²) < 4.78 is 11.1. The molecule has 0 spiro atoms. The van der Waals surface area contributed by atoms with Crippen LogP contribution in [-0.2, 0) is 6.42 Å². The second-order valence-electron chi connectivity index (χ2n) is 3.98. The molecule has 0 heterocycles. The number of hydrogen-bond acceptors (Lipinski definition) is 4. The zero-order valence-electron chi connectivity index (χ0n) is 11.3. The van der Waals surface area contributed by atoms with E-state index in [1.54, 1.807) is 6.92 Å². The Morgan fingerprint density at radius 3 is 2.44 bits per heavy atom. The van der Waals surface area contributed by atoms with Crippen LogP contribution >= 0.6 is 0 Å². The molecule has 4 heteroatoms. The molecule has 0 saturated heterocycles. The molecule has 1 N–H and O–H groups in total. The lowest BCUT2D eigenvalue weighted by Gasteiger charge is -2.12. The average molecular weight is 251 g/mol. The van der Waals surface area contributed by atoms with E-state index in [1.807, 2.05) is 32.0 Å². The van der Waals surface area contributed by atoms with Crippen LogP contribution in [0.1, 0.15) is 32.8 Å². The summed E-state index contributed by atoms with van der Waals surface area (Å²) in [6, 6.07) is 5.92. The van der Waals surface area contributed by atoms with Crippen LogP contribution < -0.4 is 9.47 Å². The van der Waals surface area contributed by atoms with Gasteiger partial charge in [-0.1, -0.05) is 11.2 Å². The van der Waals surface area contributed by atoms with Gasteiger partial charge in [0, 0.05) is 0 Å². The molecule has 0 aliphatic carbocycles. The highest BCUT2D eigenvalue weighted by atomic mass is 16.5. The molecular formula is C14H21NO3. The Bertz CT molecular complexity index is 402. The minimum atomic E-state index is 0.612. The van der Waals surface area contributed by atoms with Crippen LogP contribution in [0.3, 0.4) is 0 Å². The molecule has 0 saturated carbocycles. The van der Waals surface area contributed by atoms with Crippen molar-refractivity contribution in [2.45, 2.75) is 33.6 Å². The highest BCUT2D eigenvalue weighted by Gasteiger charge is 2.06. The lowest BCUT2D eigenvalue weighted by atomic mass is 10.1. The first kappa shape index (κ1) is 14.4. The Morgan fingerprint density at radius 1 is 1.17 bits per heavy atom. The predicted molar refractivity (Wildman–Crippen MR) is 72.0 cm³/mol. The van der Waals surface area contributed by atoms with Gasteiger partial charge in [-0.25, -0.2) is 0 Å². The Kier molecular flexibility index (Phi) is 6.05. The summed E-state index contributed by atoms with van der Waals surface area (Å²) in [7, 11) is 0. The van der Waals surface area contributed by atoms with Gasteiger partial charge in [0.2, 0.25) is 0 Å². The van der Waals surface area contributed by atoms with Crippen LogP contribution in [-0.4, -0.2) is 24.1 Å². The maximum absolute atomic E-state index is 8.61. The molecule has 0 unspecified atom stereocenters. The Hall–Kier alpha value is -1.71. The third kappa shape index (κ3) is 4.28. The highest BCUT2D eigenvalue weighted by Crippen LogP contribution is 2.28. The van der Waals surface area contributed by atoms with Crippen LogP contribution in [0.25, 0.3) is 0 Å². The van der Waals surface area contributed by atoms with Gasteiger partial charge >= 0.3 is 0 Å². The van der Waals surface area contributed by atoms with Crippen molar-refractivity contribution in [2.24, 2.45) is 5.16 Å². The summed E-state index contributed by atoms with van der Waals surface area (Å²) in [5.41, 5.74) is 1.87. The molecule has 0 aliphatic rings. The van der Waals surface area contributed by atoms with Gasteiger partial charge in [0.15, 0.2) is 11.5 Å². The maximum atomic E-state index is 8.61. The molecule has 0 bridgehead atoms. The fourth-order valence-corrected chi connectivity index (χ4v) is 1.63. The van der Waals surface area contributed by atoms with E-state index >= 15 is 0 Å². The summed E-state index contributed by atoms with van der Waals surface area (Å²) in [5.74, 6) is 1.55. The quantitative estimate of drug-likeness (QED) is 0.459.